The average molecular weight is 233 g/mol. The molecule has 1 fully saturated rings. The van der Waals surface area contributed by atoms with Crippen LogP contribution in [0.1, 0.15) is 18.1 Å². The third kappa shape index (κ3) is 4.11. The topological polar surface area (TPSA) is 27.3 Å². The van der Waals surface area contributed by atoms with Gasteiger partial charge in [-0.25, -0.2) is 0 Å². The summed E-state index contributed by atoms with van der Waals surface area (Å²) in [7, 11) is 0. The van der Waals surface area contributed by atoms with Crippen molar-refractivity contribution in [2.75, 3.05) is 32.8 Å². The number of hydrogen-bond acceptors (Lipinski definition) is 3. The molecule has 0 amide bonds. The van der Waals surface area contributed by atoms with Crippen LogP contribution in [0.25, 0.3) is 0 Å². The second-order valence-corrected chi connectivity index (χ2v) is 4.62. The van der Waals surface area contributed by atoms with Crippen LogP contribution in [-0.4, -0.2) is 37.7 Å². The van der Waals surface area contributed by atoms with Gasteiger partial charge in [-0.15, -0.1) is 0 Å². The maximum absolute atomic E-state index is 3.50. The van der Waals surface area contributed by atoms with Gasteiger partial charge in [0.05, 0.1) is 0 Å². The maximum Gasteiger partial charge on any atom is 0.0481 e. The van der Waals surface area contributed by atoms with E-state index in [2.05, 4.69) is 46.7 Å². The van der Waals surface area contributed by atoms with Crippen LogP contribution >= 0.6 is 0 Å². The van der Waals surface area contributed by atoms with E-state index in [0.717, 1.165) is 39.3 Å². The fourth-order valence-corrected chi connectivity index (χ4v) is 2.11. The summed E-state index contributed by atoms with van der Waals surface area (Å²) in [5, 5.41) is 6.84. The second kappa shape index (κ2) is 6.74. The molecular weight excluding hydrogens is 210 g/mol. The Morgan fingerprint density at radius 3 is 2.65 bits per heavy atom. The van der Waals surface area contributed by atoms with Crippen LogP contribution in [0.2, 0.25) is 0 Å². The molecule has 1 saturated heterocycles. The first-order chi connectivity index (χ1) is 8.38. The molecule has 0 unspecified atom stereocenters. The van der Waals surface area contributed by atoms with Gasteiger partial charge in [0.25, 0.3) is 0 Å². The summed E-state index contributed by atoms with van der Waals surface area (Å²) in [6, 6.07) is 8.90. The molecule has 1 aromatic rings. The normalized spacial score (nSPS) is 16.5. The van der Waals surface area contributed by atoms with Crippen molar-refractivity contribution in [3.63, 3.8) is 0 Å². The highest BCUT2D eigenvalue weighted by Gasteiger charge is 2.08. The molecule has 0 aromatic heterocycles. The van der Waals surface area contributed by atoms with Crippen LogP contribution in [0.4, 0.5) is 0 Å². The fourth-order valence-electron chi connectivity index (χ4n) is 2.11. The Balaban J connectivity index is 1.63. The van der Waals surface area contributed by atoms with E-state index < -0.39 is 0 Å². The van der Waals surface area contributed by atoms with E-state index in [4.69, 9.17) is 0 Å². The Labute approximate surface area is 104 Å². The van der Waals surface area contributed by atoms with Crippen LogP contribution in [0.3, 0.4) is 0 Å². The van der Waals surface area contributed by atoms with Crippen LogP contribution in [0.15, 0.2) is 24.3 Å². The lowest BCUT2D eigenvalue weighted by atomic mass is 10.1. The number of benzene rings is 1. The Morgan fingerprint density at radius 1 is 1.24 bits per heavy atom. The first kappa shape index (κ1) is 12.6. The van der Waals surface area contributed by atoms with Gasteiger partial charge in [0, 0.05) is 39.4 Å². The zero-order valence-corrected chi connectivity index (χ0v) is 10.7. The van der Waals surface area contributed by atoms with E-state index in [-0.39, 0.29) is 0 Å². The Kier molecular flexibility index (Phi) is 4.98. The van der Waals surface area contributed by atoms with Crippen molar-refractivity contribution in [3.8, 4) is 0 Å². The first-order valence-electron chi connectivity index (χ1n) is 6.60. The molecule has 2 rings (SSSR count). The molecule has 0 bridgehead atoms. The molecule has 1 aromatic carbocycles. The zero-order chi connectivity index (χ0) is 11.9. The average Bonchev–Trinajstić information content (AvgIpc) is 2.88. The molecule has 0 atom stereocenters. The summed E-state index contributed by atoms with van der Waals surface area (Å²) in [6.45, 7) is 8.75. The fraction of sp³-hybridized carbons (Fsp3) is 0.571. The summed E-state index contributed by atoms with van der Waals surface area (Å²) < 4.78 is 0. The molecule has 0 spiro atoms. The van der Waals surface area contributed by atoms with Crippen molar-refractivity contribution in [1.29, 1.82) is 0 Å². The predicted octanol–water partition coefficient (Wildman–Crippen LogP) is 1.20. The minimum Gasteiger partial charge on any atom is -0.311 e. The van der Waals surface area contributed by atoms with Crippen molar-refractivity contribution in [2.24, 2.45) is 0 Å². The van der Waals surface area contributed by atoms with Crippen LogP contribution < -0.4 is 10.6 Å². The minimum absolute atomic E-state index is 0.977. The van der Waals surface area contributed by atoms with Crippen LogP contribution in [0, 0.1) is 0 Å². The summed E-state index contributed by atoms with van der Waals surface area (Å²) in [4.78, 5) is 2.44. The molecule has 1 heterocycles. The number of nitrogens with one attached hydrogen (secondary N) is 2. The van der Waals surface area contributed by atoms with Crippen molar-refractivity contribution >= 4 is 0 Å². The molecule has 3 heteroatoms. The monoisotopic (exact) mass is 233 g/mol. The van der Waals surface area contributed by atoms with E-state index in [1.807, 2.05) is 0 Å². The highest BCUT2D eigenvalue weighted by molar-refractivity contribution is 5.22. The molecule has 0 saturated carbocycles. The summed E-state index contributed by atoms with van der Waals surface area (Å²) in [6.07, 6.45) is 1.12. The van der Waals surface area contributed by atoms with Crippen molar-refractivity contribution in [1.82, 2.24) is 15.5 Å². The molecule has 2 N–H and O–H groups in total. The minimum atomic E-state index is 0.977. The molecule has 3 nitrogen and oxygen atoms in total. The molecule has 1 aliphatic heterocycles. The number of aryl methyl sites for hydroxylation is 1. The van der Waals surface area contributed by atoms with E-state index >= 15 is 0 Å². The van der Waals surface area contributed by atoms with E-state index in [1.54, 1.807) is 0 Å². The standard InChI is InChI=1S/C14H23N3/c1-2-13-3-5-14(6-4-13)11-15-7-9-17-10-8-16-12-17/h3-6,15-16H,2,7-12H2,1H3. The van der Waals surface area contributed by atoms with E-state index in [9.17, 15) is 0 Å². The molecule has 1 aliphatic rings. The Bertz CT molecular complexity index is 315. The summed E-state index contributed by atoms with van der Waals surface area (Å²) in [5.41, 5.74) is 2.79. The highest BCUT2D eigenvalue weighted by Crippen LogP contribution is 2.04. The predicted molar refractivity (Wildman–Crippen MR) is 72.0 cm³/mol. The van der Waals surface area contributed by atoms with Gasteiger partial charge in [0.1, 0.15) is 0 Å². The largest absolute Gasteiger partial charge is 0.311 e. The lowest BCUT2D eigenvalue weighted by molar-refractivity contribution is 0.332. The zero-order valence-electron chi connectivity index (χ0n) is 10.7. The quantitative estimate of drug-likeness (QED) is 0.723. The van der Waals surface area contributed by atoms with Gasteiger partial charge >= 0.3 is 0 Å². The van der Waals surface area contributed by atoms with E-state index in [1.165, 1.54) is 17.7 Å². The molecule has 17 heavy (non-hydrogen) atoms. The van der Waals surface area contributed by atoms with Gasteiger partial charge in [0.15, 0.2) is 0 Å². The summed E-state index contributed by atoms with van der Waals surface area (Å²) >= 11 is 0. The van der Waals surface area contributed by atoms with Gasteiger partial charge in [-0.3, -0.25) is 4.90 Å². The smallest absolute Gasteiger partial charge is 0.0481 e. The number of nitrogens with zero attached hydrogens (tertiary/aromatic N) is 1. The van der Waals surface area contributed by atoms with Gasteiger partial charge < -0.3 is 10.6 Å². The third-order valence-electron chi connectivity index (χ3n) is 3.31. The third-order valence-corrected chi connectivity index (χ3v) is 3.31. The van der Waals surface area contributed by atoms with Gasteiger partial charge in [-0.1, -0.05) is 31.2 Å². The van der Waals surface area contributed by atoms with Crippen molar-refractivity contribution in [3.05, 3.63) is 35.4 Å². The number of hydrogen-bond donors (Lipinski definition) is 2. The van der Waals surface area contributed by atoms with Gasteiger partial charge in [0.2, 0.25) is 0 Å². The van der Waals surface area contributed by atoms with Crippen molar-refractivity contribution in [2.45, 2.75) is 19.9 Å². The van der Waals surface area contributed by atoms with Crippen LogP contribution in [0.5, 0.6) is 0 Å². The molecule has 94 valence electrons. The molecule has 0 radical (unpaired) electrons. The molecular formula is C14H23N3. The lowest BCUT2D eigenvalue weighted by Gasteiger charge is -2.14. The lowest BCUT2D eigenvalue weighted by Crippen LogP contribution is -2.31. The van der Waals surface area contributed by atoms with E-state index in [0.29, 0.717) is 0 Å². The maximum atomic E-state index is 3.50. The SMILES string of the molecule is CCc1ccc(CNCCN2CCNC2)cc1. The second-order valence-electron chi connectivity index (χ2n) is 4.62. The van der Waals surface area contributed by atoms with Crippen molar-refractivity contribution < 1.29 is 0 Å². The Hall–Kier alpha value is -0.900. The number of rotatable bonds is 6. The Morgan fingerprint density at radius 2 is 2.00 bits per heavy atom. The van der Waals surface area contributed by atoms with Gasteiger partial charge in [-0.2, -0.15) is 0 Å². The first-order valence-corrected chi connectivity index (χ1v) is 6.60. The summed E-state index contributed by atoms with van der Waals surface area (Å²) in [5.74, 6) is 0. The molecule has 0 aliphatic carbocycles. The van der Waals surface area contributed by atoms with Gasteiger partial charge in [-0.05, 0) is 17.5 Å². The van der Waals surface area contributed by atoms with Crippen LogP contribution in [-0.2, 0) is 13.0 Å². The highest BCUT2D eigenvalue weighted by atomic mass is 15.3.